The first kappa shape index (κ1) is 18.1. The van der Waals surface area contributed by atoms with Gasteiger partial charge in [-0.3, -0.25) is 4.79 Å². The highest BCUT2D eigenvalue weighted by molar-refractivity contribution is 6.33. The number of halogens is 1. The number of methoxy groups -OCH3 is 1. The van der Waals surface area contributed by atoms with Crippen molar-refractivity contribution < 1.29 is 9.53 Å². The Morgan fingerprint density at radius 2 is 1.92 bits per heavy atom. The van der Waals surface area contributed by atoms with Crippen LogP contribution in [0, 0.1) is 6.92 Å². The van der Waals surface area contributed by atoms with Crippen LogP contribution in [0.1, 0.15) is 21.6 Å². The molecular formula is C21H21ClN2O2. The predicted octanol–water partition coefficient (Wildman–Crippen LogP) is 4.47. The summed E-state index contributed by atoms with van der Waals surface area (Å²) in [5.74, 6) is 0.395. The number of rotatable bonds is 6. The van der Waals surface area contributed by atoms with Gasteiger partial charge in [0.25, 0.3) is 5.91 Å². The maximum Gasteiger partial charge on any atom is 0.250 e. The van der Waals surface area contributed by atoms with Gasteiger partial charge in [0.15, 0.2) is 0 Å². The van der Waals surface area contributed by atoms with Crippen molar-refractivity contribution in [1.82, 2.24) is 4.57 Å². The van der Waals surface area contributed by atoms with E-state index in [1.54, 1.807) is 7.11 Å². The molecule has 0 aliphatic rings. The van der Waals surface area contributed by atoms with Crippen molar-refractivity contribution in [2.75, 3.05) is 7.11 Å². The minimum Gasteiger partial charge on any atom is -0.497 e. The van der Waals surface area contributed by atoms with Gasteiger partial charge in [-0.05, 0) is 43.2 Å². The standard InChI is InChI=1S/C21H21ClN2O2/c1-14-18(21(23)25)13-20(17-8-3-4-9-19(17)22)24(14)11-10-15-6-5-7-16(12-15)26-2/h3-9,12-13H,10-11H2,1-2H3,(H2,23,25). The molecule has 2 aromatic carbocycles. The molecule has 3 rings (SSSR count). The Labute approximate surface area is 158 Å². The summed E-state index contributed by atoms with van der Waals surface area (Å²) in [6.07, 6.45) is 0.794. The summed E-state index contributed by atoms with van der Waals surface area (Å²) in [6, 6.07) is 17.4. The molecule has 0 atom stereocenters. The van der Waals surface area contributed by atoms with Gasteiger partial charge >= 0.3 is 0 Å². The highest BCUT2D eigenvalue weighted by Crippen LogP contribution is 2.31. The Balaban J connectivity index is 1.99. The molecule has 0 spiro atoms. The number of carbonyl (C=O) groups excluding carboxylic acids is 1. The first-order valence-corrected chi connectivity index (χ1v) is 8.77. The topological polar surface area (TPSA) is 57.2 Å². The highest BCUT2D eigenvalue weighted by Gasteiger charge is 2.18. The third-order valence-electron chi connectivity index (χ3n) is 4.54. The van der Waals surface area contributed by atoms with Crippen molar-refractivity contribution in [1.29, 1.82) is 0 Å². The lowest BCUT2D eigenvalue weighted by molar-refractivity contribution is 0.0999. The maximum atomic E-state index is 11.8. The molecule has 0 unspecified atom stereocenters. The minimum absolute atomic E-state index is 0.434. The second-order valence-electron chi connectivity index (χ2n) is 6.13. The molecule has 1 aromatic heterocycles. The molecule has 3 aromatic rings. The van der Waals surface area contributed by atoms with Crippen LogP contribution in [0.3, 0.4) is 0 Å². The third kappa shape index (κ3) is 3.60. The van der Waals surface area contributed by atoms with Gasteiger partial charge in [-0.1, -0.05) is 41.9 Å². The summed E-state index contributed by atoms with van der Waals surface area (Å²) in [7, 11) is 1.66. The number of ether oxygens (including phenoxy) is 1. The van der Waals surface area contributed by atoms with E-state index in [0.29, 0.717) is 17.1 Å². The second kappa shape index (κ2) is 7.67. The highest BCUT2D eigenvalue weighted by atomic mass is 35.5. The van der Waals surface area contributed by atoms with E-state index < -0.39 is 5.91 Å². The number of aryl methyl sites for hydroxylation is 1. The van der Waals surface area contributed by atoms with Crippen LogP contribution >= 0.6 is 11.6 Å². The van der Waals surface area contributed by atoms with E-state index >= 15 is 0 Å². The van der Waals surface area contributed by atoms with Gasteiger partial charge in [-0.25, -0.2) is 0 Å². The fourth-order valence-electron chi connectivity index (χ4n) is 3.14. The number of primary amides is 1. The molecular weight excluding hydrogens is 348 g/mol. The molecule has 5 heteroatoms. The fourth-order valence-corrected chi connectivity index (χ4v) is 3.38. The van der Waals surface area contributed by atoms with Crippen LogP contribution in [0.2, 0.25) is 5.02 Å². The van der Waals surface area contributed by atoms with Gasteiger partial charge in [0, 0.05) is 22.8 Å². The van der Waals surface area contributed by atoms with Gasteiger partial charge in [0.05, 0.1) is 18.4 Å². The molecule has 1 heterocycles. The van der Waals surface area contributed by atoms with Crippen LogP contribution in [-0.4, -0.2) is 17.6 Å². The minimum atomic E-state index is -0.434. The van der Waals surface area contributed by atoms with Crippen molar-refractivity contribution in [3.05, 3.63) is 76.4 Å². The second-order valence-corrected chi connectivity index (χ2v) is 6.53. The zero-order valence-corrected chi connectivity index (χ0v) is 15.6. The lowest BCUT2D eigenvalue weighted by Gasteiger charge is -2.13. The number of hydrogen-bond acceptors (Lipinski definition) is 2. The van der Waals surface area contributed by atoms with E-state index in [4.69, 9.17) is 22.1 Å². The molecule has 0 saturated heterocycles. The van der Waals surface area contributed by atoms with E-state index in [9.17, 15) is 4.79 Å². The summed E-state index contributed by atoms with van der Waals surface area (Å²) in [5, 5.41) is 0.642. The van der Waals surface area contributed by atoms with Crippen LogP contribution in [0.15, 0.2) is 54.6 Å². The SMILES string of the molecule is COc1cccc(CCn2c(-c3ccccc3Cl)cc(C(N)=O)c2C)c1. The van der Waals surface area contributed by atoms with Gasteiger partial charge in [-0.2, -0.15) is 0 Å². The molecule has 0 saturated carbocycles. The molecule has 26 heavy (non-hydrogen) atoms. The Morgan fingerprint density at radius 1 is 1.15 bits per heavy atom. The van der Waals surface area contributed by atoms with Crippen molar-refractivity contribution in [2.24, 2.45) is 5.73 Å². The quantitative estimate of drug-likeness (QED) is 0.698. The summed E-state index contributed by atoms with van der Waals surface area (Å²) < 4.78 is 7.39. The molecule has 0 aliphatic carbocycles. The monoisotopic (exact) mass is 368 g/mol. The summed E-state index contributed by atoms with van der Waals surface area (Å²) in [6.45, 7) is 2.61. The largest absolute Gasteiger partial charge is 0.497 e. The van der Waals surface area contributed by atoms with Crippen LogP contribution in [0.25, 0.3) is 11.3 Å². The number of nitrogens with zero attached hydrogens (tertiary/aromatic N) is 1. The van der Waals surface area contributed by atoms with Gasteiger partial charge in [0.2, 0.25) is 0 Å². The normalized spacial score (nSPS) is 10.7. The van der Waals surface area contributed by atoms with Crippen molar-refractivity contribution in [2.45, 2.75) is 19.9 Å². The first-order valence-electron chi connectivity index (χ1n) is 8.39. The maximum absolute atomic E-state index is 11.8. The van der Waals surface area contributed by atoms with E-state index in [0.717, 1.165) is 34.7 Å². The molecule has 0 aliphatic heterocycles. The molecule has 134 valence electrons. The average molecular weight is 369 g/mol. The zero-order chi connectivity index (χ0) is 18.7. The Bertz CT molecular complexity index is 947. The molecule has 0 bridgehead atoms. The Hall–Kier alpha value is -2.72. The van der Waals surface area contributed by atoms with Crippen LogP contribution in [-0.2, 0) is 13.0 Å². The third-order valence-corrected chi connectivity index (χ3v) is 4.87. The number of carbonyl (C=O) groups is 1. The number of amides is 1. The molecule has 0 radical (unpaired) electrons. The Morgan fingerprint density at radius 3 is 2.62 bits per heavy atom. The van der Waals surface area contributed by atoms with E-state index in [-0.39, 0.29) is 0 Å². The lowest BCUT2D eigenvalue weighted by atomic mass is 10.1. The van der Waals surface area contributed by atoms with Crippen LogP contribution in [0.5, 0.6) is 5.75 Å². The first-order chi connectivity index (χ1) is 12.5. The molecule has 0 fully saturated rings. The van der Waals surface area contributed by atoms with Crippen LogP contribution in [0.4, 0.5) is 0 Å². The van der Waals surface area contributed by atoms with Crippen molar-refractivity contribution in [3.63, 3.8) is 0 Å². The van der Waals surface area contributed by atoms with Gasteiger partial charge in [-0.15, -0.1) is 0 Å². The van der Waals surface area contributed by atoms with E-state index in [2.05, 4.69) is 10.6 Å². The Kier molecular flexibility index (Phi) is 5.33. The molecule has 4 nitrogen and oxygen atoms in total. The summed E-state index contributed by atoms with van der Waals surface area (Å²) in [5.41, 5.74) is 9.85. The van der Waals surface area contributed by atoms with E-state index in [1.165, 1.54) is 0 Å². The average Bonchev–Trinajstić information content (AvgIpc) is 2.97. The number of nitrogens with two attached hydrogens (primary N) is 1. The van der Waals surface area contributed by atoms with Crippen molar-refractivity contribution >= 4 is 17.5 Å². The zero-order valence-electron chi connectivity index (χ0n) is 14.8. The van der Waals surface area contributed by atoms with E-state index in [1.807, 2.05) is 55.5 Å². The number of aromatic nitrogens is 1. The summed E-state index contributed by atoms with van der Waals surface area (Å²) >= 11 is 6.38. The summed E-state index contributed by atoms with van der Waals surface area (Å²) in [4.78, 5) is 11.8. The number of hydrogen-bond donors (Lipinski definition) is 1. The molecule has 2 N–H and O–H groups in total. The predicted molar refractivity (Wildman–Crippen MR) is 105 cm³/mol. The fraction of sp³-hybridized carbons (Fsp3) is 0.190. The van der Waals surface area contributed by atoms with Gasteiger partial charge in [0.1, 0.15) is 5.75 Å². The van der Waals surface area contributed by atoms with Crippen LogP contribution < -0.4 is 10.5 Å². The number of benzene rings is 2. The van der Waals surface area contributed by atoms with Crippen molar-refractivity contribution in [3.8, 4) is 17.0 Å². The smallest absolute Gasteiger partial charge is 0.250 e. The van der Waals surface area contributed by atoms with Gasteiger partial charge < -0.3 is 15.0 Å². The molecule has 1 amide bonds. The lowest BCUT2D eigenvalue weighted by Crippen LogP contribution is -2.13.